The van der Waals surface area contributed by atoms with Crippen molar-refractivity contribution in [3.8, 4) is 0 Å². The van der Waals surface area contributed by atoms with Crippen molar-refractivity contribution in [1.82, 2.24) is 0 Å². The van der Waals surface area contributed by atoms with Gasteiger partial charge in [0.1, 0.15) is 0 Å². The predicted octanol–water partition coefficient (Wildman–Crippen LogP) is 6.36. The van der Waals surface area contributed by atoms with Gasteiger partial charge < -0.3 is 0 Å². The molecule has 0 nitrogen and oxygen atoms in total. The van der Waals surface area contributed by atoms with E-state index in [4.69, 9.17) is 0 Å². The first-order valence-corrected chi connectivity index (χ1v) is 11.7. The Balaban J connectivity index is 0.000000437. The maximum absolute atomic E-state index is 2.31. The summed E-state index contributed by atoms with van der Waals surface area (Å²) < 4.78 is 0.220. The van der Waals surface area contributed by atoms with Gasteiger partial charge in [0.15, 0.2) is 0 Å². The molecule has 2 aliphatic carbocycles. The molecule has 0 spiro atoms. The molecule has 4 rings (SSSR count). The van der Waals surface area contributed by atoms with Gasteiger partial charge in [-0.15, -0.1) is 11.8 Å². The molecule has 0 aliphatic heterocycles. The van der Waals surface area contributed by atoms with E-state index in [9.17, 15) is 0 Å². The molecule has 0 saturated heterocycles. The van der Waals surface area contributed by atoms with Crippen LogP contribution in [-0.4, -0.2) is 4.75 Å². The van der Waals surface area contributed by atoms with Gasteiger partial charge in [-0.2, -0.15) is 0 Å². The van der Waals surface area contributed by atoms with Crippen molar-refractivity contribution >= 4 is 30.3 Å². The van der Waals surface area contributed by atoms with E-state index in [-0.39, 0.29) is 21.8 Å². The summed E-state index contributed by atoms with van der Waals surface area (Å²) in [6.07, 6.45) is 16.8. The van der Waals surface area contributed by atoms with E-state index in [0.29, 0.717) is 0 Å². The number of hydrogen-bond acceptors (Lipinski definition) is 1. The average Bonchev–Trinajstić information content (AvgIpc) is 3.39. The Labute approximate surface area is 195 Å². The summed E-state index contributed by atoms with van der Waals surface area (Å²) in [5.74, 6) is 0. The van der Waals surface area contributed by atoms with Crippen molar-refractivity contribution in [3.05, 3.63) is 123 Å². The Morgan fingerprint density at radius 1 is 0.621 bits per heavy atom. The maximum atomic E-state index is 2.31. The van der Waals surface area contributed by atoms with Crippen LogP contribution in [0.1, 0.15) is 20.8 Å². The molecule has 0 aromatic heterocycles. The zero-order valence-electron chi connectivity index (χ0n) is 17.1. The van der Waals surface area contributed by atoms with Crippen molar-refractivity contribution in [2.75, 3.05) is 0 Å². The van der Waals surface area contributed by atoms with Crippen molar-refractivity contribution in [1.29, 1.82) is 0 Å². The van der Waals surface area contributed by atoms with Crippen molar-refractivity contribution < 1.29 is 17.1 Å². The van der Waals surface area contributed by atoms with Crippen LogP contribution < -0.4 is 10.6 Å². The molecule has 2 aliphatic rings. The third kappa shape index (κ3) is 8.06. The molecule has 2 aromatic rings. The molecule has 0 N–H and O–H groups in total. The van der Waals surface area contributed by atoms with Crippen LogP contribution >= 0.6 is 19.7 Å². The fourth-order valence-electron chi connectivity index (χ4n) is 2.90. The SMILES string of the molecule is CC(C)(C)S[C]1[CH][CH][CH][C]1P(c1ccccc1)c1ccccc1.[CH]1[CH][CH][CH][CH]1.[Fe]. The van der Waals surface area contributed by atoms with Gasteiger partial charge >= 0.3 is 0 Å². The Morgan fingerprint density at radius 3 is 1.48 bits per heavy atom. The van der Waals surface area contributed by atoms with Gasteiger partial charge in [-0.1, -0.05) is 81.4 Å². The van der Waals surface area contributed by atoms with Gasteiger partial charge in [0.25, 0.3) is 0 Å². The standard InChI is InChI=1S/C21H22PS.C5H5.Fe/c1-21(2,3)23-20-16-10-15-19(20)22(17-11-6-4-7-12-17)18-13-8-5-9-14-18;1-2-4-5-3-1;/h4-16H,1-3H3;1-5H;. The topological polar surface area (TPSA) is 0 Å². The van der Waals surface area contributed by atoms with Gasteiger partial charge in [0.2, 0.25) is 0 Å². The number of thioether (sulfide) groups is 1. The first kappa shape index (κ1) is 25.0. The molecule has 2 saturated carbocycles. The van der Waals surface area contributed by atoms with Crippen LogP contribution in [0.4, 0.5) is 0 Å². The molecule has 2 aromatic carbocycles. The molecule has 0 unspecified atom stereocenters. The molecular formula is C26H27FePS. The van der Waals surface area contributed by atoms with Gasteiger partial charge in [-0.25, -0.2) is 0 Å². The van der Waals surface area contributed by atoms with Crippen LogP contribution in [0.5, 0.6) is 0 Å². The fraction of sp³-hybridized carbons (Fsp3) is 0.154. The van der Waals surface area contributed by atoms with Crippen LogP contribution in [0.3, 0.4) is 0 Å². The number of hydrogen-bond donors (Lipinski definition) is 0. The second-order valence-electron chi connectivity index (χ2n) is 7.46. The Hall–Kier alpha value is -0.261. The molecular weight excluding hydrogens is 431 g/mol. The number of rotatable bonds is 4. The van der Waals surface area contributed by atoms with Crippen LogP contribution in [0.25, 0.3) is 0 Å². The zero-order chi connectivity index (χ0) is 19.8. The first-order valence-electron chi connectivity index (χ1n) is 9.56. The molecule has 0 bridgehead atoms. The smallest absolute Gasteiger partial charge is 0.0472 e. The predicted molar refractivity (Wildman–Crippen MR) is 127 cm³/mol. The third-order valence-electron chi connectivity index (χ3n) is 4.00. The molecule has 2 fully saturated rings. The van der Waals surface area contributed by atoms with E-state index < -0.39 is 7.92 Å². The molecule has 10 radical (unpaired) electrons. The fourth-order valence-corrected chi connectivity index (χ4v) is 6.61. The van der Waals surface area contributed by atoms with E-state index in [1.165, 1.54) is 21.5 Å². The second kappa shape index (κ2) is 12.6. The van der Waals surface area contributed by atoms with Crippen LogP contribution in [0, 0.1) is 62.3 Å². The summed E-state index contributed by atoms with van der Waals surface area (Å²) in [5.41, 5.74) is 1.47. The first-order chi connectivity index (χ1) is 13.5. The molecule has 29 heavy (non-hydrogen) atoms. The van der Waals surface area contributed by atoms with Crippen LogP contribution in [-0.2, 0) is 17.1 Å². The Bertz CT molecular complexity index is 632. The minimum Gasteiger partial charge on any atom is -0.146 e. The normalized spacial score (nSPS) is 17.7. The van der Waals surface area contributed by atoms with Crippen molar-refractivity contribution in [2.45, 2.75) is 25.5 Å². The Kier molecular flexibility index (Phi) is 10.8. The largest absolute Gasteiger partial charge is 0.146 e. The van der Waals surface area contributed by atoms with E-state index in [2.05, 4.69) is 101 Å². The maximum Gasteiger partial charge on any atom is 0.0472 e. The van der Waals surface area contributed by atoms with Crippen LogP contribution in [0.15, 0.2) is 60.7 Å². The molecule has 150 valence electrons. The average molecular weight is 458 g/mol. The van der Waals surface area contributed by atoms with Crippen LogP contribution in [0.2, 0.25) is 0 Å². The third-order valence-corrected chi connectivity index (χ3v) is 7.84. The Morgan fingerprint density at radius 2 is 1.07 bits per heavy atom. The van der Waals surface area contributed by atoms with E-state index in [1.54, 1.807) is 0 Å². The van der Waals surface area contributed by atoms with E-state index in [0.717, 1.165) is 0 Å². The van der Waals surface area contributed by atoms with Gasteiger partial charge in [-0.05, 0) is 69.9 Å². The van der Waals surface area contributed by atoms with Crippen molar-refractivity contribution in [3.63, 3.8) is 0 Å². The van der Waals surface area contributed by atoms with E-state index in [1.807, 2.05) is 43.9 Å². The van der Waals surface area contributed by atoms with Gasteiger partial charge in [0, 0.05) is 32.7 Å². The number of benzene rings is 2. The monoisotopic (exact) mass is 458 g/mol. The molecule has 0 atom stereocenters. The summed E-state index contributed by atoms with van der Waals surface area (Å²) in [7, 11) is -0.504. The van der Waals surface area contributed by atoms with E-state index >= 15 is 0 Å². The molecule has 0 heterocycles. The second-order valence-corrected chi connectivity index (χ2v) is 11.5. The summed E-state index contributed by atoms with van der Waals surface area (Å²) in [6.45, 7) is 6.84. The minimum atomic E-state index is -0.504. The summed E-state index contributed by atoms with van der Waals surface area (Å²) in [5, 5.41) is 4.24. The van der Waals surface area contributed by atoms with Crippen molar-refractivity contribution in [2.24, 2.45) is 0 Å². The summed E-state index contributed by atoms with van der Waals surface area (Å²) in [4.78, 5) is 0. The minimum absolute atomic E-state index is 0. The zero-order valence-corrected chi connectivity index (χ0v) is 19.9. The summed E-state index contributed by atoms with van der Waals surface area (Å²) in [6, 6.07) is 21.8. The summed E-state index contributed by atoms with van der Waals surface area (Å²) >= 11 is 1.97. The van der Waals surface area contributed by atoms with Gasteiger partial charge in [-0.3, -0.25) is 0 Å². The molecule has 0 amide bonds. The molecule has 3 heteroatoms. The van der Waals surface area contributed by atoms with Gasteiger partial charge in [0.05, 0.1) is 0 Å². The quantitative estimate of drug-likeness (QED) is 0.380.